The molecule has 1 fully saturated rings. The van der Waals surface area contributed by atoms with E-state index in [2.05, 4.69) is 4.98 Å². The van der Waals surface area contributed by atoms with E-state index in [1.165, 1.54) is 4.90 Å². The monoisotopic (exact) mass is 248 g/mol. The highest BCUT2D eigenvalue weighted by atomic mass is 16.4. The molecule has 1 saturated heterocycles. The van der Waals surface area contributed by atoms with Gasteiger partial charge >= 0.3 is 5.97 Å². The fraction of sp³-hybridized carbons (Fsp3) is 0.462. The van der Waals surface area contributed by atoms with Crippen molar-refractivity contribution in [1.29, 1.82) is 0 Å². The highest BCUT2D eigenvalue weighted by Crippen LogP contribution is 2.20. The normalized spacial score (nSPS) is 19.6. The van der Waals surface area contributed by atoms with Crippen molar-refractivity contribution in [3.05, 3.63) is 29.6 Å². The number of hydrogen-bond donors (Lipinski definition) is 1. The minimum Gasteiger partial charge on any atom is -0.480 e. The van der Waals surface area contributed by atoms with Crippen LogP contribution < -0.4 is 0 Å². The van der Waals surface area contributed by atoms with Crippen molar-refractivity contribution in [2.24, 2.45) is 0 Å². The zero-order valence-corrected chi connectivity index (χ0v) is 10.3. The van der Waals surface area contributed by atoms with Gasteiger partial charge in [0.05, 0.1) is 5.56 Å². The third-order valence-electron chi connectivity index (χ3n) is 3.29. The largest absolute Gasteiger partial charge is 0.480 e. The van der Waals surface area contributed by atoms with Crippen LogP contribution in [0, 0.1) is 6.92 Å². The van der Waals surface area contributed by atoms with E-state index in [-0.39, 0.29) is 5.91 Å². The number of nitrogens with zero attached hydrogens (tertiary/aromatic N) is 2. The molecule has 1 aromatic heterocycles. The van der Waals surface area contributed by atoms with Gasteiger partial charge in [-0.2, -0.15) is 0 Å². The maximum absolute atomic E-state index is 12.4. The van der Waals surface area contributed by atoms with Gasteiger partial charge in [-0.3, -0.25) is 9.78 Å². The topological polar surface area (TPSA) is 70.5 Å². The summed E-state index contributed by atoms with van der Waals surface area (Å²) in [5.74, 6) is -1.16. The fourth-order valence-corrected chi connectivity index (χ4v) is 2.30. The minimum atomic E-state index is -0.926. The van der Waals surface area contributed by atoms with E-state index in [4.69, 9.17) is 5.11 Å². The Bertz CT molecular complexity index is 473. The number of amides is 1. The number of carboxylic acid groups (broad SMARTS) is 1. The first-order chi connectivity index (χ1) is 8.61. The first-order valence-corrected chi connectivity index (χ1v) is 6.06. The van der Waals surface area contributed by atoms with E-state index in [9.17, 15) is 9.59 Å². The lowest BCUT2D eigenvalue weighted by Crippen LogP contribution is -2.48. The molecule has 1 aliphatic rings. The summed E-state index contributed by atoms with van der Waals surface area (Å²) in [5, 5.41) is 9.16. The van der Waals surface area contributed by atoms with Gasteiger partial charge in [0.25, 0.3) is 5.91 Å². The number of carbonyl (C=O) groups is 2. The average Bonchev–Trinajstić information content (AvgIpc) is 2.38. The van der Waals surface area contributed by atoms with Crippen LogP contribution in [0.15, 0.2) is 18.3 Å². The summed E-state index contributed by atoms with van der Waals surface area (Å²) in [5.41, 5.74) is 1.13. The SMILES string of the molecule is Cc1ncccc1C(=O)N1CCCCC1C(=O)O. The number of piperidine rings is 1. The van der Waals surface area contributed by atoms with Gasteiger partial charge in [0.1, 0.15) is 6.04 Å². The van der Waals surface area contributed by atoms with Crippen molar-refractivity contribution >= 4 is 11.9 Å². The quantitative estimate of drug-likeness (QED) is 0.860. The molecule has 1 amide bonds. The summed E-state index contributed by atoms with van der Waals surface area (Å²) in [6.45, 7) is 2.26. The third kappa shape index (κ3) is 2.34. The van der Waals surface area contributed by atoms with Crippen molar-refractivity contribution in [2.45, 2.75) is 32.2 Å². The van der Waals surface area contributed by atoms with Gasteiger partial charge < -0.3 is 10.0 Å². The Morgan fingerprint density at radius 2 is 2.22 bits per heavy atom. The van der Waals surface area contributed by atoms with Crippen molar-refractivity contribution in [2.75, 3.05) is 6.54 Å². The second-order valence-electron chi connectivity index (χ2n) is 4.48. The van der Waals surface area contributed by atoms with Crippen LogP contribution >= 0.6 is 0 Å². The second kappa shape index (κ2) is 5.16. The number of likely N-dealkylation sites (tertiary alicyclic amines) is 1. The average molecular weight is 248 g/mol. The zero-order chi connectivity index (χ0) is 13.1. The summed E-state index contributed by atoms with van der Waals surface area (Å²) in [4.78, 5) is 29.1. The lowest BCUT2D eigenvalue weighted by atomic mass is 10.0. The summed E-state index contributed by atoms with van der Waals surface area (Å²) < 4.78 is 0. The Labute approximate surface area is 105 Å². The highest BCUT2D eigenvalue weighted by molar-refractivity contribution is 5.97. The minimum absolute atomic E-state index is 0.229. The van der Waals surface area contributed by atoms with Crippen LogP contribution in [-0.4, -0.2) is 39.5 Å². The molecule has 1 aromatic rings. The molecule has 1 unspecified atom stereocenters. The fourth-order valence-electron chi connectivity index (χ4n) is 2.30. The van der Waals surface area contributed by atoms with Crippen molar-refractivity contribution < 1.29 is 14.7 Å². The van der Waals surface area contributed by atoms with Crippen molar-refractivity contribution in [3.63, 3.8) is 0 Å². The predicted molar refractivity (Wildman–Crippen MR) is 65.3 cm³/mol. The summed E-state index contributed by atoms with van der Waals surface area (Å²) in [6.07, 6.45) is 3.86. The Hall–Kier alpha value is -1.91. The molecule has 0 radical (unpaired) electrons. The molecule has 2 rings (SSSR count). The summed E-state index contributed by atoms with van der Waals surface area (Å²) in [7, 11) is 0. The van der Waals surface area contributed by atoms with Gasteiger partial charge in [0, 0.05) is 18.4 Å². The molecule has 0 saturated carbocycles. The van der Waals surface area contributed by atoms with Crippen LogP contribution in [0.3, 0.4) is 0 Å². The molecular formula is C13H16N2O3. The molecule has 0 aromatic carbocycles. The molecule has 0 bridgehead atoms. The molecule has 1 atom stereocenters. The molecule has 0 spiro atoms. The van der Waals surface area contributed by atoms with Crippen LogP contribution in [0.1, 0.15) is 35.3 Å². The van der Waals surface area contributed by atoms with Crippen LogP contribution in [0.2, 0.25) is 0 Å². The van der Waals surface area contributed by atoms with E-state index >= 15 is 0 Å². The Balaban J connectivity index is 2.27. The lowest BCUT2D eigenvalue weighted by Gasteiger charge is -2.33. The number of carbonyl (C=O) groups excluding carboxylic acids is 1. The Kier molecular flexibility index (Phi) is 3.60. The first kappa shape index (κ1) is 12.5. The Morgan fingerprint density at radius 1 is 1.44 bits per heavy atom. The molecule has 2 heterocycles. The maximum atomic E-state index is 12.4. The van der Waals surface area contributed by atoms with Crippen LogP contribution in [0.25, 0.3) is 0 Å². The number of aryl methyl sites for hydroxylation is 1. The number of hydrogen-bond acceptors (Lipinski definition) is 3. The van der Waals surface area contributed by atoms with Gasteiger partial charge in [-0.1, -0.05) is 0 Å². The summed E-state index contributed by atoms with van der Waals surface area (Å²) in [6, 6.07) is 2.68. The Morgan fingerprint density at radius 3 is 2.89 bits per heavy atom. The van der Waals surface area contributed by atoms with Gasteiger partial charge in [-0.25, -0.2) is 4.79 Å². The van der Waals surface area contributed by atoms with Gasteiger partial charge in [0.15, 0.2) is 0 Å². The molecular weight excluding hydrogens is 232 g/mol. The van der Waals surface area contributed by atoms with E-state index in [1.807, 2.05) is 0 Å². The second-order valence-corrected chi connectivity index (χ2v) is 4.48. The molecule has 18 heavy (non-hydrogen) atoms. The molecule has 5 nitrogen and oxygen atoms in total. The number of carboxylic acids is 1. The molecule has 5 heteroatoms. The van der Waals surface area contributed by atoms with Crippen LogP contribution in [0.4, 0.5) is 0 Å². The van der Waals surface area contributed by atoms with Crippen LogP contribution in [0.5, 0.6) is 0 Å². The maximum Gasteiger partial charge on any atom is 0.326 e. The molecule has 1 N–H and O–H groups in total. The number of aromatic nitrogens is 1. The van der Waals surface area contributed by atoms with E-state index < -0.39 is 12.0 Å². The number of aliphatic carboxylic acids is 1. The number of rotatable bonds is 2. The van der Waals surface area contributed by atoms with Gasteiger partial charge in [-0.05, 0) is 38.3 Å². The number of pyridine rings is 1. The zero-order valence-electron chi connectivity index (χ0n) is 10.3. The predicted octanol–water partition coefficient (Wildman–Crippen LogP) is 1.47. The standard InChI is InChI=1S/C13H16N2O3/c1-9-10(5-4-7-14-9)12(16)15-8-3-2-6-11(15)13(17)18/h4-5,7,11H,2-3,6,8H2,1H3,(H,17,18). The molecule has 96 valence electrons. The summed E-state index contributed by atoms with van der Waals surface area (Å²) >= 11 is 0. The van der Waals surface area contributed by atoms with Crippen molar-refractivity contribution in [1.82, 2.24) is 9.88 Å². The first-order valence-electron chi connectivity index (χ1n) is 6.06. The lowest BCUT2D eigenvalue weighted by molar-refractivity contribution is -0.143. The van der Waals surface area contributed by atoms with Crippen LogP contribution in [-0.2, 0) is 4.79 Å². The third-order valence-corrected chi connectivity index (χ3v) is 3.29. The molecule has 0 aliphatic carbocycles. The van der Waals surface area contributed by atoms with Gasteiger partial charge in [-0.15, -0.1) is 0 Å². The van der Waals surface area contributed by atoms with E-state index in [0.717, 1.165) is 12.8 Å². The van der Waals surface area contributed by atoms with E-state index in [0.29, 0.717) is 24.2 Å². The smallest absolute Gasteiger partial charge is 0.326 e. The molecule has 1 aliphatic heterocycles. The van der Waals surface area contributed by atoms with Crippen molar-refractivity contribution in [3.8, 4) is 0 Å². The van der Waals surface area contributed by atoms with E-state index in [1.54, 1.807) is 25.3 Å². The van der Waals surface area contributed by atoms with Gasteiger partial charge in [0.2, 0.25) is 0 Å². The highest BCUT2D eigenvalue weighted by Gasteiger charge is 2.32.